The average Bonchev–Trinajstić information content (AvgIpc) is 2.67. The van der Waals surface area contributed by atoms with Crippen LogP contribution in [0.2, 0.25) is 0 Å². The lowest BCUT2D eigenvalue weighted by molar-refractivity contribution is 0.240. The van der Waals surface area contributed by atoms with Gasteiger partial charge in [-0.05, 0) is 23.3 Å². The maximum atomic E-state index is 3.64. The molecule has 0 spiro atoms. The largest absolute Gasteiger partial charge is 0.315 e. The Balaban J connectivity index is 1.58. The summed E-state index contributed by atoms with van der Waals surface area (Å²) in [7, 11) is 0. The molecule has 3 nitrogen and oxygen atoms in total. The quantitative estimate of drug-likeness (QED) is 0.705. The van der Waals surface area contributed by atoms with Crippen molar-refractivity contribution < 1.29 is 0 Å². The van der Waals surface area contributed by atoms with Crippen molar-refractivity contribution in [2.24, 2.45) is 16.7 Å². The van der Waals surface area contributed by atoms with Crippen LogP contribution in [0.1, 0.15) is 27.7 Å². The van der Waals surface area contributed by atoms with Gasteiger partial charge >= 0.3 is 0 Å². The third-order valence-corrected chi connectivity index (χ3v) is 5.48. The van der Waals surface area contributed by atoms with E-state index in [1.165, 1.54) is 26.2 Å². The van der Waals surface area contributed by atoms with E-state index in [4.69, 9.17) is 0 Å². The van der Waals surface area contributed by atoms with Gasteiger partial charge in [-0.2, -0.15) is 0 Å². The molecule has 2 N–H and O–H groups in total. The van der Waals surface area contributed by atoms with Gasteiger partial charge in [0.05, 0.1) is 0 Å². The summed E-state index contributed by atoms with van der Waals surface area (Å²) in [6.07, 6.45) is 0. The van der Waals surface area contributed by atoms with Crippen molar-refractivity contribution >= 4 is 0 Å². The second-order valence-corrected chi connectivity index (χ2v) is 6.79. The first-order chi connectivity index (χ1) is 7.96. The van der Waals surface area contributed by atoms with Crippen molar-refractivity contribution in [2.45, 2.75) is 27.7 Å². The van der Waals surface area contributed by atoms with Crippen molar-refractivity contribution in [2.75, 3.05) is 45.8 Å². The highest BCUT2D eigenvalue weighted by Gasteiger charge is 2.63. The number of rotatable bonds is 5. The second-order valence-electron chi connectivity index (χ2n) is 6.79. The molecule has 0 amide bonds. The highest BCUT2D eigenvalue weighted by molar-refractivity contribution is 5.12. The predicted octanol–water partition coefficient (Wildman–Crippen LogP) is 1.16. The van der Waals surface area contributed by atoms with Crippen molar-refractivity contribution in [3.8, 4) is 0 Å². The molecule has 0 aromatic rings. The minimum absolute atomic E-state index is 0.523. The minimum atomic E-state index is 0.523. The van der Waals surface area contributed by atoms with Gasteiger partial charge < -0.3 is 10.6 Å². The summed E-state index contributed by atoms with van der Waals surface area (Å²) in [5.41, 5.74) is 1.05. The zero-order chi connectivity index (χ0) is 12.5. The SMILES string of the molecule is CC1(C)C(CNCCN2CCNCC2)C1(C)C. The molecular formula is C14H29N3. The summed E-state index contributed by atoms with van der Waals surface area (Å²) in [4.78, 5) is 2.55. The monoisotopic (exact) mass is 239 g/mol. The fourth-order valence-corrected chi connectivity index (χ4v) is 3.26. The molecule has 0 radical (unpaired) electrons. The van der Waals surface area contributed by atoms with Crippen LogP contribution in [-0.4, -0.2) is 50.7 Å². The summed E-state index contributed by atoms with van der Waals surface area (Å²) in [5, 5.41) is 7.04. The molecule has 1 heterocycles. The number of piperazine rings is 1. The number of nitrogens with one attached hydrogen (secondary N) is 2. The van der Waals surface area contributed by atoms with Crippen LogP contribution in [0, 0.1) is 16.7 Å². The van der Waals surface area contributed by atoms with Gasteiger partial charge in [0.15, 0.2) is 0 Å². The van der Waals surface area contributed by atoms with Gasteiger partial charge in [0.25, 0.3) is 0 Å². The second kappa shape index (κ2) is 4.87. The molecule has 0 unspecified atom stereocenters. The van der Waals surface area contributed by atoms with Gasteiger partial charge in [-0.25, -0.2) is 0 Å². The van der Waals surface area contributed by atoms with Crippen LogP contribution in [-0.2, 0) is 0 Å². The molecule has 0 bridgehead atoms. The molecule has 0 aromatic heterocycles. The summed E-state index contributed by atoms with van der Waals surface area (Å²) in [6.45, 7) is 17.9. The van der Waals surface area contributed by atoms with Crippen LogP contribution in [0.25, 0.3) is 0 Å². The first kappa shape index (κ1) is 13.3. The number of hydrogen-bond donors (Lipinski definition) is 2. The Morgan fingerprint density at radius 2 is 1.71 bits per heavy atom. The van der Waals surface area contributed by atoms with E-state index in [-0.39, 0.29) is 0 Å². The maximum absolute atomic E-state index is 3.64. The fraction of sp³-hybridized carbons (Fsp3) is 1.00. The molecule has 100 valence electrons. The number of hydrogen-bond acceptors (Lipinski definition) is 3. The van der Waals surface area contributed by atoms with E-state index in [0.717, 1.165) is 25.6 Å². The van der Waals surface area contributed by atoms with Crippen LogP contribution in [0.4, 0.5) is 0 Å². The van der Waals surface area contributed by atoms with Gasteiger partial charge in [0.1, 0.15) is 0 Å². The first-order valence-corrected chi connectivity index (χ1v) is 7.10. The smallest absolute Gasteiger partial charge is 0.0108 e. The first-order valence-electron chi connectivity index (χ1n) is 7.10. The minimum Gasteiger partial charge on any atom is -0.315 e. The summed E-state index contributed by atoms with van der Waals surface area (Å²) in [6, 6.07) is 0. The van der Waals surface area contributed by atoms with Crippen LogP contribution in [0.3, 0.4) is 0 Å². The van der Waals surface area contributed by atoms with Crippen molar-refractivity contribution in [3.05, 3.63) is 0 Å². The predicted molar refractivity (Wildman–Crippen MR) is 73.2 cm³/mol. The van der Waals surface area contributed by atoms with Gasteiger partial charge in [-0.3, -0.25) is 4.90 Å². The van der Waals surface area contributed by atoms with Gasteiger partial charge in [-0.15, -0.1) is 0 Å². The molecule has 1 aliphatic carbocycles. The molecule has 2 rings (SSSR count). The Morgan fingerprint density at radius 1 is 1.12 bits per heavy atom. The van der Waals surface area contributed by atoms with E-state index in [0.29, 0.717) is 10.8 Å². The Labute approximate surface area is 106 Å². The molecule has 0 aromatic carbocycles. The third-order valence-electron chi connectivity index (χ3n) is 5.48. The highest BCUT2D eigenvalue weighted by Crippen LogP contribution is 2.67. The van der Waals surface area contributed by atoms with Crippen LogP contribution in [0.15, 0.2) is 0 Å². The molecule has 1 saturated heterocycles. The van der Waals surface area contributed by atoms with E-state index >= 15 is 0 Å². The lowest BCUT2D eigenvalue weighted by Gasteiger charge is -2.27. The molecule has 1 saturated carbocycles. The van der Waals surface area contributed by atoms with E-state index in [2.05, 4.69) is 43.2 Å². The summed E-state index contributed by atoms with van der Waals surface area (Å²) < 4.78 is 0. The lowest BCUT2D eigenvalue weighted by Crippen LogP contribution is -2.45. The molecule has 2 fully saturated rings. The normalized spacial score (nSPS) is 28.2. The Hall–Kier alpha value is -0.120. The third kappa shape index (κ3) is 2.67. The molecule has 1 aliphatic heterocycles. The van der Waals surface area contributed by atoms with Gasteiger partial charge in [0, 0.05) is 39.3 Å². The van der Waals surface area contributed by atoms with E-state index in [9.17, 15) is 0 Å². The highest BCUT2D eigenvalue weighted by atomic mass is 15.2. The van der Waals surface area contributed by atoms with Crippen molar-refractivity contribution in [1.82, 2.24) is 15.5 Å². The van der Waals surface area contributed by atoms with E-state index in [1.54, 1.807) is 0 Å². The molecular weight excluding hydrogens is 210 g/mol. The van der Waals surface area contributed by atoms with Crippen molar-refractivity contribution in [1.29, 1.82) is 0 Å². The van der Waals surface area contributed by atoms with E-state index in [1.807, 2.05) is 0 Å². The van der Waals surface area contributed by atoms with Crippen LogP contribution in [0.5, 0.6) is 0 Å². The van der Waals surface area contributed by atoms with Crippen LogP contribution < -0.4 is 10.6 Å². The Kier molecular flexibility index (Phi) is 3.81. The zero-order valence-electron chi connectivity index (χ0n) is 12.0. The maximum Gasteiger partial charge on any atom is 0.0108 e. The fourth-order valence-electron chi connectivity index (χ4n) is 3.26. The standard InChI is InChI=1S/C14H29N3/c1-13(2)12(14(13,3)4)11-16-7-10-17-8-5-15-6-9-17/h12,15-16H,5-11H2,1-4H3. The van der Waals surface area contributed by atoms with Gasteiger partial charge in [-0.1, -0.05) is 27.7 Å². The van der Waals surface area contributed by atoms with Gasteiger partial charge in [0.2, 0.25) is 0 Å². The lowest BCUT2D eigenvalue weighted by atomic mass is 10.0. The molecule has 2 aliphatic rings. The average molecular weight is 239 g/mol. The molecule has 0 atom stereocenters. The van der Waals surface area contributed by atoms with Crippen LogP contribution >= 0.6 is 0 Å². The van der Waals surface area contributed by atoms with Crippen molar-refractivity contribution in [3.63, 3.8) is 0 Å². The molecule has 17 heavy (non-hydrogen) atoms. The summed E-state index contributed by atoms with van der Waals surface area (Å²) in [5.74, 6) is 0.845. The Morgan fingerprint density at radius 3 is 2.24 bits per heavy atom. The molecule has 3 heteroatoms. The topological polar surface area (TPSA) is 27.3 Å². The number of nitrogens with zero attached hydrogens (tertiary/aromatic N) is 1. The zero-order valence-corrected chi connectivity index (χ0v) is 12.0. The Bertz CT molecular complexity index is 240. The summed E-state index contributed by atoms with van der Waals surface area (Å²) >= 11 is 0. The van der Waals surface area contributed by atoms with E-state index < -0.39 is 0 Å².